The van der Waals surface area contributed by atoms with Crippen LogP contribution in [0.2, 0.25) is 10.0 Å². The SMILES string of the molecule is Cc1cc(Cl)cc(Oc2nc(Br)nn2C)c1.Cc1cc(Cl)cc(Oc2nc(CC3C4CCC3CN(c3nnc(C)o3)C4)nn2C)c1.Cc1nnc(N2CC3CCC(C2)C3N)o1. The lowest BCUT2D eigenvalue weighted by atomic mass is 9.82. The molecule has 0 radical (unpaired) electrons. The summed E-state index contributed by atoms with van der Waals surface area (Å²) < 4.78 is 26.3. The topological polar surface area (TPSA) is 190 Å². The molecule has 2 N–H and O–H groups in total. The Morgan fingerprint density at radius 3 is 1.56 bits per heavy atom. The molecule has 0 spiro atoms. The summed E-state index contributed by atoms with van der Waals surface area (Å²) in [5, 5.41) is 26.0. The van der Waals surface area contributed by atoms with E-state index in [4.69, 9.17) is 47.2 Å². The number of aromatic nitrogens is 10. The highest BCUT2D eigenvalue weighted by Crippen LogP contribution is 2.44. The smallest absolute Gasteiger partial charge is 0.321 e. The first-order valence-electron chi connectivity index (χ1n) is 20.4. The van der Waals surface area contributed by atoms with Crippen LogP contribution in [-0.4, -0.2) is 82.1 Å². The molecule has 2 saturated heterocycles. The van der Waals surface area contributed by atoms with Crippen LogP contribution in [0.5, 0.6) is 23.5 Å². The molecule has 4 unspecified atom stereocenters. The third-order valence-corrected chi connectivity index (χ3v) is 12.6. The minimum atomic E-state index is 0.380. The Kier molecular flexibility index (Phi) is 12.9. The number of hydrogen-bond donors (Lipinski definition) is 1. The van der Waals surface area contributed by atoms with E-state index in [0.29, 0.717) is 97.7 Å². The van der Waals surface area contributed by atoms with Crippen LogP contribution >= 0.6 is 39.1 Å². The van der Waals surface area contributed by atoms with Gasteiger partial charge in [-0.2, -0.15) is 15.1 Å². The number of piperidine rings is 2. The van der Waals surface area contributed by atoms with E-state index in [1.54, 1.807) is 28.5 Å². The van der Waals surface area contributed by atoms with Crippen LogP contribution < -0.4 is 25.0 Å². The van der Waals surface area contributed by atoms with Gasteiger partial charge in [-0.05, 0) is 133 Å². The van der Waals surface area contributed by atoms with E-state index < -0.39 is 0 Å². The summed E-state index contributed by atoms with van der Waals surface area (Å²) in [6.45, 7) is 11.4. The van der Waals surface area contributed by atoms with Gasteiger partial charge in [0.2, 0.25) is 16.5 Å². The molecular formula is C41H50BrCl2N13O4. The third kappa shape index (κ3) is 10.3. The van der Waals surface area contributed by atoms with Crippen LogP contribution in [0.15, 0.2) is 50.0 Å². The van der Waals surface area contributed by atoms with Gasteiger partial charge in [0.25, 0.3) is 0 Å². The lowest BCUT2D eigenvalue weighted by Gasteiger charge is -2.36. The maximum absolute atomic E-state index is 6.14. The third-order valence-electron chi connectivity index (χ3n) is 11.8. The number of nitrogens with two attached hydrogens (primary N) is 1. The van der Waals surface area contributed by atoms with Gasteiger partial charge in [0.05, 0.1) is 0 Å². The van der Waals surface area contributed by atoms with Crippen molar-refractivity contribution in [3.8, 4) is 23.5 Å². The number of benzene rings is 2. The van der Waals surface area contributed by atoms with Crippen molar-refractivity contribution in [2.75, 3.05) is 36.0 Å². The number of halogens is 3. The Bertz CT molecular complexity index is 2390. The normalized spacial score (nSPS) is 22.7. The molecule has 6 aromatic rings. The Balaban J connectivity index is 0.000000139. The summed E-state index contributed by atoms with van der Waals surface area (Å²) in [6.07, 6.45) is 5.79. The van der Waals surface area contributed by atoms with E-state index in [0.717, 1.165) is 49.6 Å². The monoisotopic (exact) mass is 937 g/mol. The van der Waals surface area contributed by atoms with Crippen molar-refractivity contribution in [2.45, 2.75) is 65.8 Å². The minimum absolute atomic E-state index is 0.380. The fourth-order valence-corrected chi connectivity index (χ4v) is 9.99. The van der Waals surface area contributed by atoms with Crippen molar-refractivity contribution in [3.05, 3.63) is 79.9 Å². The highest BCUT2D eigenvalue weighted by atomic mass is 79.9. The standard InChI is InChI=1S/C21H25ClN6O2.C10H9BrClN3O.C10H16N4O/c1-12-6-16(22)8-17(7-12)30-20-23-19(26-27(20)3)9-18-14-4-5-15(18)11-28(10-14)21-25-24-13(2)29-21;1-6-3-7(12)5-8(4-6)16-10-13-9(11)14-15(10)2;1-6-12-13-10(15-6)14-4-7-2-3-8(5-14)9(7)11/h6-8,14-15,18H,4-5,9-11H2,1-3H3;3-5H,1-2H3;7-9H,2-5,11H2,1H3. The molecule has 2 aliphatic heterocycles. The fraction of sp³-hybridized carbons (Fsp3) is 0.512. The van der Waals surface area contributed by atoms with Crippen LogP contribution in [-0.2, 0) is 20.5 Å². The van der Waals surface area contributed by atoms with Crippen molar-refractivity contribution < 1.29 is 18.3 Å². The maximum Gasteiger partial charge on any atom is 0.321 e. The molecule has 6 heterocycles. The van der Waals surface area contributed by atoms with Gasteiger partial charge in [-0.25, -0.2) is 9.36 Å². The molecule has 4 atom stereocenters. The highest BCUT2D eigenvalue weighted by Gasteiger charge is 2.44. The molecular weight excluding hydrogens is 889 g/mol. The summed E-state index contributed by atoms with van der Waals surface area (Å²) in [6, 6.07) is 13.7. The molecule has 324 valence electrons. The molecule has 4 bridgehead atoms. The van der Waals surface area contributed by atoms with Crippen molar-refractivity contribution in [1.82, 2.24) is 49.9 Å². The fourth-order valence-electron chi connectivity index (χ4n) is 9.04. The number of rotatable bonds is 8. The van der Waals surface area contributed by atoms with Crippen molar-refractivity contribution in [3.63, 3.8) is 0 Å². The minimum Gasteiger partial charge on any atom is -0.424 e. The summed E-state index contributed by atoms with van der Waals surface area (Å²) >= 11 is 15.3. The highest BCUT2D eigenvalue weighted by molar-refractivity contribution is 9.10. The Hall–Kier alpha value is -4.78. The number of ether oxygens (including phenoxy) is 2. The van der Waals surface area contributed by atoms with Gasteiger partial charge < -0.3 is 33.8 Å². The van der Waals surface area contributed by atoms with Crippen LogP contribution in [0.4, 0.5) is 12.0 Å². The zero-order chi connectivity index (χ0) is 42.9. The predicted molar refractivity (Wildman–Crippen MR) is 232 cm³/mol. The lowest BCUT2D eigenvalue weighted by molar-refractivity contribution is 0.257. The van der Waals surface area contributed by atoms with Crippen molar-refractivity contribution >= 4 is 51.2 Å². The Morgan fingerprint density at radius 1 is 0.656 bits per heavy atom. The first-order chi connectivity index (χ1) is 29.2. The second-order valence-corrected chi connectivity index (χ2v) is 18.1. The molecule has 2 aliphatic carbocycles. The number of fused-ring (bicyclic) bond motifs is 4. The largest absolute Gasteiger partial charge is 0.424 e. The number of nitrogens with zero attached hydrogens (tertiary/aromatic N) is 12. The Labute approximate surface area is 372 Å². The molecule has 10 rings (SSSR count). The summed E-state index contributed by atoms with van der Waals surface area (Å²) in [4.78, 5) is 13.2. The molecule has 4 aliphatic rings. The first-order valence-corrected chi connectivity index (χ1v) is 22.0. The molecule has 4 fully saturated rings. The van der Waals surface area contributed by atoms with E-state index in [9.17, 15) is 0 Å². The second kappa shape index (κ2) is 18.3. The van der Waals surface area contributed by atoms with Crippen LogP contribution in [0.25, 0.3) is 0 Å². The molecule has 0 amide bonds. The summed E-state index contributed by atoms with van der Waals surface area (Å²) in [5.41, 5.74) is 8.21. The van der Waals surface area contributed by atoms with Crippen molar-refractivity contribution in [2.24, 2.45) is 49.4 Å². The van der Waals surface area contributed by atoms with Gasteiger partial charge in [0.15, 0.2) is 5.82 Å². The Morgan fingerprint density at radius 2 is 1.11 bits per heavy atom. The number of anilines is 2. The quantitative estimate of drug-likeness (QED) is 0.155. The van der Waals surface area contributed by atoms with E-state index in [1.165, 1.54) is 25.7 Å². The molecule has 2 saturated carbocycles. The average molecular weight is 940 g/mol. The summed E-state index contributed by atoms with van der Waals surface area (Å²) in [5.74, 6) is 6.33. The summed E-state index contributed by atoms with van der Waals surface area (Å²) in [7, 11) is 3.61. The number of aryl methyl sites for hydroxylation is 6. The maximum atomic E-state index is 6.14. The van der Waals surface area contributed by atoms with Gasteiger partial charge in [-0.3, -0.25) is 0 Å². The van der Waals surface area contributed by atoms with Crippen LogP contribution in [0.3, 0.4) is 0 Å². The van der Waals surface area contributed by atoms with Gasteiger partial charge in [-0.15, -0.1) is 15.3 Å². The van der Waals surface area contributed by atoms with Crippen LogP contribution in [0.1, 0.15) is 54.4 Å². The molecule has 17 nitrogen and oxygen atoms in total. The zero-order valence-corrected chi connectivity index (χ0v) is 38.1. The van der Waals surface area contributed by atoms with E-state index in [-0.39, 0.29) is 0 Å². The molecule has 20 heteroatoms. The van der Waals surface area contributed by atoms with E-state index in [1.807, 2.05) is 59.0 Å². The van der Waals surface area contributed by atoms with Gasteiger partial charge in [0.1, 0.15) is 11.5 Å². The van der Waals surface area contributed by atoms with E-state index in [2.05, 4.69) is 66.3 Å². The predicted octanol–water partition coefficient (Wildman–Crippen LogP) is 7.85. The molecule has 2 aromatic carbocycles. The number of hydrogen-bond acceptors (Lipinski definition) is 15. The molecule has 4 aromatic heterocycles. The first kappa shape index (κ1) is 42.9. The van der Waals surface area contributed by atoms with Crippen LogP contribution in [0, 0.1) is 57.3 Å². The van der Waals surface area contributed by atoms with Gasteiger partial charge >= 0.3 is 24.1 Å². The second-order valence-electron chi connectivity index (χ2n) is 16.5. The van der Waals surface area contributed by atoms with Crippen molar-refractivity contribution in [1.29, 1.82) is 0 Å². The van der Waals surface area contributed by atoms with Gasteiger partial charge in [0, 0.05) is 76.6 Å². The van der Waals surface area contributed by atoms with E-state index >= 15 is 0 Å². The average Bonchev–Trinajstić information content (AvgIpc) is 4.03. The molecule has 61 heavy (non-hydrogen) atoms. The zero-order valence-electron chi connectivity index (χ0n) is 35.0. The van der Waals surface area contributed by atoms with Gasteiger partial charge in [-0.1, -0.05) is 33.4 Å². The lowest BCUT2D eigenvalue weighted by Crippen LogP contribution is -2.48.